The third-order valence-corrected chi connectivity index (χ3v) is 5.07. The molecule has 0 spiro atoms. The first-order valence-electron chi connectivity index (χ1n) is 9.40. The van der Waals surface area contributed by atoms with Crippen LogP contribution in [0, 0.1) is 0 Å². The van der Waals surface area contributed by atoms with Crippen LogP contribution in [0.5, 0.6) is 0 Å². The fourth-order valence-corrected chi connectivity index (χ4v) is 3.58. The largest absolute Gasteiger partial charge is 0.545 e. The molecule has 2 aliphatic rings. The topological polar surface area (TPSA) is 102 Å². The average Bonchev–Trinajstić information content (AvgIpc) is 3.02. The molecule has 0 bridgehead atoms. The van der Waals surface area contributed by atoms with E-state index in [9.17, 15) is 19.5 Å². The maximum atomic E-state index is 12.8. The number of carboxylic acid groups (broad SMARTS) is 1. The molecule has 2 heterocycles. The number of morpholine rings is 1. The molecule has 1 N–H and O–H groups in total. The smallest absolute Gasteiger partial charge is 0.256 e. The zero-order chi connectivity index (χ0) is 20.4. The number of ether oxygens (including phenoxy) is 1. The predicted octanol–water partition coefficient (Wildman–Crippen LogP) is 0.631. The SMILES string of the molecule is O=C([O-])c1cccc(N2C(=O)C[C@H](Nc3ccc(N4CCOCC4)cc3)C2=O)c1. The van der Waals surface area contributed by atoms with E-state index in [4.69, 9.17) is 4.74 Å². The summed E-state index contributed by atoms with van der Waals surface area (Å²) in [5.74, 6) is -2.16. The molecule has 0 aromatic heterocycles. The van der Waals surface area contributed by atoms with Gasteiger partial charge in [-0.25, -0.2) is 4.90 Å². The van der Waals surface area contributed by atoms with Crippen molar-refractivity contribution in [2.24, 2.45) is 0 Å². The lowest BCUT2D eigenvalue weighted by Crippen LogP contribution is -2.36. The summed E-state index contributed by atoms with van der Waals surface area (Å²) in [6.45, 7) is 3.08. The molecule has 4 rings (SSSR count). The molecule has 29 heavy (non-hydrogen) atoms. The van der Waals surface area contributed by atoms with Gasteiger partial charge in [-0.3, -0.25) is 9.59 Å². The molecular weight excluding hydrogens is 374 g/mol. The van der Waals surface area contributed by atoms with Crippen LogP contribution < -0.4 is 20.2 Å². The van der Waals surface area contributed by atoms with Crippen LogP contribution in [0.2, 0.25) is 0 Å². The van der Waals surface area contributed by atoms with E-state index in [2.05, 4.69) is 10.2 Å². The van der Waals surface area contributed by atoms with Crippen molar-refractivity contribution in [3.05, 3.63) is 54.1 Å². The van der Waals surface area contributed by atoms with E-state index in [-0.39, 0.29) is 23.6 Å². The molecule has 8 nitrogen and oxygen atoms in total. The summed E-state index contributed by atoms with van der Waals surface area (Å²) < 4.78 is 5.36. The van der Waals surface area contributed by atoms with Gasteiger partial charge in [0.1, 0.15) is 6.04 Å². The molecule has 2 fully saturated rings. The van der Waals surface area contributed by atoms with Gasteiger partial charge in [0.05, 0.1) is 31.3 Å². The fraction of sp³-hybridized carbons (Fsp3) is 0.286. The van der Waals surface area contributed by atoms with Crippen molar-refractivity contribution in [1.82, 2.24) is 0 Å². The Morgan fingerprint density at radius 1 is 1.03 bits per heavy atom. The molecule has 2 aromatic carbocycles. The number of benzene rings is 2. The number of carbonyl (C=O) groups excluding carboxylic acids is 3. The van der Waals surface area contributed by atoms with E-state index in [0.717, 1.165) is 29.4 Å². The number of hydrogen-bond donors (Lipinski definition) is 1. The second-order valence-electron chi connectivity index (χ2n) is 6.95. The molecule has 0 saturated carbocycles. The number of nitrogens with zero attached hydrogens (tertiary/aromatic N) is 2. The van der Waals surface area contributed by atoms with Crippen LogP contribution in [-0.2, 0) is 14.3 Å². The third kappa shape index (κ3) is 3.93. The highest BCUT2D eigenvalue weighted by molar-refractivity contribution is 6.23. The summed E-state index contributed by atoms with van der Waals surface area (Å²) in [5, 5.41) is 14.2. The average molecular weight is 394 g/mol. The number of anilines is 3. The molecule has 2 aromatic rings. The second-order valence-corrected chi connectivity index (χ2v) is 6.95. The number of imide groups is 1. The second kappa shape index (κ2) is 7.92. The van der Waals surface area contributed by atoms with Crippen LogP contribution in [0.1, 0.15) is 16.8 Å². The van der Waals surface area contributed by atoms with Gasteiger partial charge < -0.3 is 24.9 Å². The van der Waals surface area contributed by atoms with Crippen molar-refractivity contribution in [3.8, 4) is 0 Å². The number of aromatic carboxylic acids is 1. The number of nitrogens with one attached hydrogen (secondary N) is 1. The van der Waals surface area contributed by atoms with E-state index in [1.807, 2.05) is 24.3 Å². The molecule has 2 amide bonds. The van der Waals surface area contributed by atoms with Gasteiger partial charge in [-0.05, 0) is 42.0 Å². The molecule has 150 valence electrons. The van der Waals surface area contributed by atoms with E-state index in [1.54, 1.807) is 0 Å². The summed E-state index contributed by atoms with van der Waals surface area (Å²) >= 11 is 0. The first kappa shape index (κ1) is 18.9. The lowest BCUT2D eigenvalue weighted by Gasteiger charge is -2.29. The summed E-state index contributed by atoms with van der Waals surface area (Å²) in [6, 6.07) is 12.6. The van der Waals surface area contributed by atoms with Crippen LogP contribution >= 0.6 is 0 Å². The van der Waals surface area contributed by atoms with Gasteiger partial charge in [0.25, 0.3) is 5.91 Å². The van der Waals surface area contributed by atoms with Crippen LogP contribution in [0.3, 0.4) is 0 Å². The minimum Gasteiger partial charge on any atom is -0.545 e. The van der Waals surface area contributed by atoms with Gasteiger partial charge >= 0.3 is 0 Å². The Kier molecular flexibility index (Phi) is 5.18. The van der Waals surface area contributed by atoms with Crippen LogP contribution in [0.4, 0.5) is 17.1 Å². The van der Waals surface area contributed by atoms with Gasteiger partial charge in [0.15, 0.2) is 0 Å². The van der Waals surface area contributed by atoms with E-state index in [0.29, 0.717) is 13.2 Å². The number of rotatable bonds is 5. The number of amides is 2. The minimum absolute atomic E-state index is 0.000399. The summed E-state index contributed by atoms with van der Waals surface area (Å²) in [7, 11) is 0. The van der Waals surface area contributed by atoms with Crippen molar-refractivity contribution in [2.75, 3.05) is 41.4 Å². The standard InChI is InChI=1S/C21H21N3O5/c25-19-13-18(20(26)24(19)17-3-1-2-14(12-17)21(27)28)22-15-4-6-16(7-5-15)23-8-10-29-11-9-23/h1-7,12,18,22H,8-11,13H2,(H,27,28)/p-1/t18-/m0/s1. The molecule has 1 atom stereocenters. The first-order valence-corrected chi connectivity index (χ1v) is 9.40. The highest BCUT2D eigenvalue weighted by Crippen LogP contribution is 2.26. The van der Waals surface area contributed by atoms with Gasteiger partial charge in [0.2, 0.25) is 5.91 Å². The lowest BCUT2D eigenvalue weighted by atomic mass is 10.2. The number of hydrogen-bond acceptors (Lipinski definition) is 7. The van der Waals surface area contributed by atoms with Crippen molar-refractivity contribution < 1.29 is 24.2 Å². The van der Waals surface area contributed by atoms with Gasteiger partial charge in [-0.2, -0.15) is 0 Å². The van der Waals surface area contributed by atoms with Gasteiger partial charge in [-0.1, -0.05) is 12.1 Å². The summed E-state index contributed by atoms with van der Waals surface area (Å²) in [6.07, 6.45) is -0.000399. The van der Waals surface area contributed by atoms with Gasteiger partial charge in [0, 0.05) is 24.5 Å². The van der Waals surface area contributed by atoms with Crippen molar-refractivity contribution >= 4 is 34.8 Å². The zero-order valence-electron chi connectivity index (χ0n) is 15.7. The molecular formula is C21H20N3O5-. The Balaban J connectivity index is 1.46. The quantitative estimate of drug-likeness (QED) is 0.742. The van der Waals surface area contributed by atoms with Crippen molar-refractivity contribution in [3.63, 3.8) is 0 Å². The van der Waals surface area contributed by atoms with E-state index < -0.39 is 17.9 Å². The minimum atomic E-state index is -1.36. The molecule has 0 aliphatic carbocycles. The van der Waals surface area contributed by atoms with Crippen molar-refractivity contribution in [2.45, 2.75) is 12.5 Å². The predicted molar refractivity (Wildman–Crippen MR) is 105 cm³/mol. The normalized spacial score (nSPS) is 19.5. The highest BCUT2D eigenvalue weighted by atomic mass is 16.5. The Bertz CT molecular complexity index is 938. The Morgan fingerprint density at radius 2 is 1.76 bits per heavy atom. The number of carboxylic acids is 1. The molecule has 2 saturated heterocycles. The van der Waals surface area contributed by atoms with Crippen LogP contribution in [0.25, 0.3) is 0 Å². The highest BCUT2D eigenvalue weighted by Gasteiger charge is 2.39. The van der Waals surface area contributed by atoms with Crippen molar-refractivity contribution in [1.29, 1.82) is 0 Å². The lowest BCUT2D eigenvalue weighted by molar-refractivity contribution is -0.255. The molecule has 0 unspecified atom stereocenters. The van der Waals surface area contributed by atoms with Gasteiger partial charge in [-0.15, -0.1) is 0 Å². The Labute approximate surface area is 167 Å². The Morgan fingerprint density at radius 3 is 2.45 bits per heavy atom. The number of carbonyl (C=O) groups is 3. The van der Waals surface area contributed by atoms with E-state index >= 15 is 0 Å². The van der Waals surface area contributed by atoms with Crippen LogP contribution in [-0.4, -0.2) is 50.1 Å². The monoisotopic (exact) mass is 394 g/mol. The zero-order valence-corrected chi connectivity index (χ0v) is 15.7. The third-order valence-electron chi connectivity index (χ3n) is 5.07. The summed E-state index contributed by atoms with van der Waals surface area (Å²) in [5.41, 5.74) is 1.96. The Hall–Kier alpha value is -3.39. The molecule has 2 aliphatic heterocycles. The molecule has 8 heteroatoms. The van der Waals surface area contributed by atoms with Crippen LogP contribution in [0.15, 0.2) is 48.5 Å². The first-order chi connectivity index (χ1) is 14.0. The van der Waals surface area contributed by atoms with E-state index in [1.165, 1.54) is 24.3 Å². The maximum absolute atomic E-state index is 12.8. The molecule has 0 radical (unpaired) electrons. The summed E-state index contributed by atoms with van der Waals surface area (Å²) in [4.78, 5) is 39.5. The fourth-order valence-electron chi connectivity index (χ4n) is 3.58. The maximum Gasteiger partial charge on any atom is 0.256 e.